The van der Waals surface area contributed by atoms with Gasteiger partial charge in [0.1, 0.15) is 5.82 Å². The highest BCUT2D eigenvalue weighted by Gasteiger charge is 2.15. The van der Waals surface area contributed by atoms with Gasteiger partial charge in [-0.05, 0) is 24.6 Å². The molecular formula is C12H18ClFN2. The molecule has 1 aromatic carbocycles. The highest BCUT2D eigenvalue weighted by Crippen LogP contribution is 2.08. The highest BCUT2D eigenvalue weighted by atomic mass is 35.5. The number of benzene rings is 1. The van der Waals surface area contributed by atoms with Crippen molar-refractivity contribution >= 4 is 12.4 Å². The van der Waals surface area contributed by atoms with E-state index in [1.54, 1.807) is 0 Å². The predicted molar refractivity (Wildman–Crippen MR) is 66.4 cm³/mol. The molecule has 0 radical (unpaired) electrons. The fourth-order valence-electron chi connectivity index (χ4n) is 2.00. The second kappa shape index (κ2) is 6.18. The normalized spacial score (nSPS) is 21.5. The largest absolute Gasteiger partial charge is 0.312 e. The number of nitrogens with one attached hydrogen (secondary N) is 1. The second-order valence-corrected chi connectivity index (χ2v) is 4.22. The van der Waals surface area contributed by atoms with Crippen LogP contribution < -0.4 is 5.32 Å². The first-order valence-electron chi connectivity index (χ1n) is 5.44. The molecule has 90 valence electrons. The number of halogens is 2. The Bertz CT molecular complexity index is 315. The van der Waals surface area contributed by atoms with Gasteiger partial charge in [-0.3, -0.25) is 4.90 Å². The molecule has 2 rings (SSSR count). The summed E-state index contributed by atoms with van der Waals surface area (Å²) < 4.78 is 12.7. The minimum Gasteiger partial charge on any atom is -0.312 e. The summed E-state index contributed by atoms with van der Waals surface area (Å²) in [4.78, 5) is 2.40. The molecule has 0 saturated carbocycles. The Morgan fingerprint density at radius 1 is 1.38 bits per heavy atom. The first-order chi connectivity index (χ1) is 7.24. The Morgan fingerprint density at radius 3 is 2.69 bits per heavy atom. The third-order valence-electron chi connectivity index (χ3n) is 2.77. The zero-order valence-corrected chi connectivity index (χ0v) is 10.3. The van der Waals surface area contributed by atoms with E-state index >= 15 is 0 Å². The summed E-state index contributed by atoms with van der Waals surface area (Å²) in [6.07, 6.45) is 0. The van der Waals surface area contributed by atoms with E-state index in [2.05, 4.69) is 17.1 Å². The van der Waals surface area contributed by atoms with Gasteiger partial charge in [0.2, 0.25) is 0 Å². The van der Waals surface area contributed by atoms with E-state index in [0.29, 0.717) is 6.04 Å². The molecular weight excluding hydrogens is 227 g/mol. The van der Waals surface area contributed by atoms with Crippen molar-refractivity contribution in [2.24, 2.45) is 0 Å². The van der Waals surface area contributed by atoms with E-state index in [9.17, 15) is 4.39 Å². The molecule has 0 bridgehead atoms. The van der Waals surface area contributed by atoms with Crippen LogP contribution in [-0.4, -0.2) is 30.6 Å². The van der Waals surface area contributed by atoms with Crippen LogP contribution in [0, 0.1) is 5.82 Å². The van der Waals surface area contributed by atoms with Crippen molar-refractivity contribution in [3.05, 3.63) is 35.6 Å². The molecule has 1 heterocycles. The van der Waals surface area contributed by atoms with Gasteiger partial charge >= 0.3 is 0 Å². The third kappa shape index (κ3) is 3.74. The van der Waals surface area contributed by atoms with Gasteiger partial charge in [0.15, 0.2) is 0 Å². The van der Waals surface area contributed by atoms with Crippen LogP contribution in [0.3, 0.4) is 0 Å². The van der Waals surface area contributed by atoms with Crippen LogP contribution in [0.5, 0.6) is 0 Å². The van der Waals surface area contributed by atoms with E-state index < -0.39 is 0 Å². The molecule has 0 spiro atoms. The molecule has 1 saturated heterocycles. The zero-order chi connectivity index (χ0) is 10.7. The monoisotopic (exact) mass is 244 g/mol. The van der Waals surface area contributed by atoms with Crippen molar-refractivity contribution in [1.82, 2.24) is 10.2 Å². The summed E-state index contributed by atoms with van der Waals surface area (Å²) in [5.41, 5.74) is 1.19. The van der Waals surface area contributed by atoms with Crippen LogP contribution in [-0.2, 0) is 6.54 Å². The van der Waals surface area contributed by atoms with Crippen molar-refractivity contribution in [3.63, 3.8) is 0 Å². The van der Waals surface area contributed by atoms with Crippen molar-refractivity contribution in [3.8, 4) is 0 Å². The van der Waals surface area contributed by atoms with Crippen molar-refractivity contribution < 1.29 is 4.39 Å². The number of nitrogens with zero attached hydrogens (tertiary/aromatic N) is 1. The lowest BCUT2D eigenvalue weighted by atomic mass is 10.1. The van der Waals surface area contributed by atoms with E-state index in [4.69, 9.17) is 0 Å². The highest BCUT2D eigenvalue weighted by molar-refractivity contribution is 5.85. The molecule has 1 aliphatic rings. The molecule has 2 nitrogen and oxygen atoms in total. The third-order valence-corrected chi connectivity index (χ3v) is 2.77. The van der Waals surface area contributed by atoms with Gasteiger partial charge in [-0.2, -0.15) is 0 Å². The summed E-state index contributed by atoms with van der Waals surface area (Å²) in [7, 11) is 0. The molecule has 1 N–H and O–H groups in total. The first kappa shape index (κ1) is 13.4. The van der Waals surface area contributed by atoms with Gasteiger partial charge in [-0.25, -0.2) is 4.39 Å². The summed E-state index contributed by atoms with van der Waals surface area (Å²) in [6, 6.07) is 7.34. The van der Waals surface area contributed by atoms with E-state index in [0.717, 1.165) is 26.2 Å². The SMILES string of the molecule is CC1CN(Cc2ccc(F)cc2)CCN1.Cl. The summed E-state index contributed by atoms with van der Waals surface area (Å²) >= 11 is 0. The minimum atomic E-state index is -0.160. The molecule has 1 unspecified atom stereocenters. The average Bonchev–Trinajstić information content (AvgIpc) is 2.22. The lowest BCUT2D eigenvalue weighted by molar-refractivity contribution is 0.199. The molecule has 1 atom stereocenters. The smallest absolute Gasteiger partial charge is 0.123 e. The first-order valence-corrected chi connectivity index (χ1v) is 5.44. The predicted octanol–water partition coefficient (Wildman–Crippen LogP) is 2.04. The Morgan fingerprint density at radius 2 is 2.06 bits per heavy atom. The van der Waals surface area contributed by atoms with Gasteiger partial charge in [-0.15, -0.1) is 12.4 Å². The topological polar surface area (TPSA) is 15.3 Å². The molecule has 0 aromatic heterocycles. The number of rotatable bonds is 2. The van der Waals surface area contributed by atoms with Gasteiger partial charge in [0.25, 0.3) is 0 Å². The summed E-state index contributed by atoms with van der Waals surface area (Å²) in [5.74, 6) is -0.160. The van der Waals surface area contributed by atoms with Crippen LogP contribution in [0.1, 0.15) is 12.5 Å². The lowest BCUT2D eigenvalue weighted by Gasteiger charge is -2.31. The van der Waals surface area contributed by atoms with E-state index in [1.807, 2.05) is 12.1 Å². The van der Waals surface area contributed by atoms with E-state index in [1.165, 1.54) is 17.7 Å². The standard InChI is InChI=1S/C12H17FN2.ClH/c1-10-8-15(7-6-14-10)9-11-2-4-12(13)5-3-11;/h2-5,10,14H,6-9H2,1H3;1H. The van der Waals surface area contributed by atoms with Crippen molar-refractivity contribution in [2.45, 2.75) is 19.5 Å². The molecule has 16 heavy (non-hydrogen) atoms. The van der Waals surface area contributed by atoms with Gasteiger partial charge in [-0.1, -0.05) is 12.1 Å². The van der Waals surface area contributed by atoms with E-state index in [-0.39, 0.29) is 18.2 Å². The fourth-order valence-corrected chi connectivity index (χ4v) is 2.00. The molecule has 1 aliphatic heterocycles. The Labute approximate surface area is 102 Å². The fraction of sp³-hybridized carbons (Fsp3) is 0.500. The van der Waals surface area contributed by atoms with Crippen LogP contribution >= 0.6 is 12.4 Å². The van der Waals surface area contributed by atoms with Crippen molar-refractivity contribution in [1.29, 1.82) is 0 Å². The maximum atomic E-state index is 12.7. The Balaban J connectivity index is 0.00000128. The number of hydrogen-bond donors (Lipinski definition) is 1. The molecule has 0 aliphatic carbocycles. The Hall–Kier alpha value is -0.640. The minimum absolute atomic E-state index is 0. The average molecular weight is 245 g/mol. The summed E-state index contributed by atoms with van der Waals surface area (Å²) in [5, 5.41) is 3.41. The van der Waals surface area contributed by atoms with Gasteiger partial charge in [0.05, 0.1) is 0 Å². The Kier molecular flexibility index (Phi) is 5.19. The molecule has 1 fully saturated rings. The number of piperazine rings is 1. The lowest BCUT2D eigenvalue weighted by Crippen LogP contribution is -2.48. The maximum absolute atomic E-state index is 12.7. The van der Waals surface area contributed by atoms with Crippen LogP contribution in [0.2, 0.25) is 0 Å². The van der Waals surface area contributed by atoms with Gasteiger partial charge < -0.3 is 5.32 Å². The summed E-state index contributed by atoms with van der Waals surface area (Å²) in [6.45, 7) is 6.30. The molecule has 0 amide bonds. The second-order valence-electron chi connectivity index (χ2n) is 4.22. The number of hydrogen-bond acceptors (Lipinski definition) is 2. The molecule has 4 heteroatoms. The van der Waals surface area contributed by atoms with Crippen LogP contribution in [0.25, 0.3) is 0 Å². The zero-order valence-electron chi connectivity index (χ0n) is 9.45. The quantitative estimate of drug-likeness (QED) is 0.857. The van der Waals surface area contributed by atoms with Crippen LogP contribution in [0.15, 0.2) is 24.3 Å². The van der Waals surface area contributed by atoms with Crippen LogP contribution in [0.4, 0.5) is 4.39 Å². The molecule has 1 aromatic rings. The maximum Gasteiger partial charge on any atom is 0.123 e. The van der Waals surface area contributed by atoms with Gasteiger partial charge in [0, 0.05) is 32.2 Å². The van der Waals surface area contributed by atoms with Crippen molar-refractivity contribution in [2.75, 3.05) is 19.6 Å².